The number of hydrogen-bond acceptors (Lipinski definition) is 2. The SMILES string of the molecule is O=C(/C=C/c1cccnc1)NCCc1cccc2ccccc12. The van der Waals surface area contributed by atoms with Gasteiger partial charge >= 0.3 is 0 Å². The maximum Gasteiger partial charge on any atom is 0.244 e. The van der Waals surface area contributed by atoms with E-state index in [1.165, 1.54) is 16.3 Å². The van der Waals surface area contributed by atoms with Crippen molar-refractivity contribution in [1.82, 2.24) is 10.3 Å². The molecule has 0 unspecified atom stereocenters. The van der Waals surface area contributed by atoms with Crippen molar-refractivity contribution in [2.24, 2.45) is 0 Å². The lowest BCUT2D eigenvalue weighted by atomic mass is 10.0. The number of nitrogens with one attached hydrogen (secondary N) is 1. The van der Waals surface area contributed by atoms with E-state index in [2.05, 4.69) is 40.6 Å². The van der Waals surface area contributed by atoms with Crippen molar-refractivity contribution < 1.29 is 4.79 Å². The van der Waals surface area contributed by atoms with Crippen molar-refractivity contribution >= 4 is 22.8 Å². The molecule has 3 aromatic rings. The summed E-state index contributed by atoms with van der Waals surface area (Å²) < 4.78 is 0. The molecule has 1 heterocycles. The van der Waals surface area contributed by atoms with Crippen LogP contribution in [0.3, 0.4) is 0 Å². The average molecular weight is 302 g/mol. The van der Waals surface area contributed by atoms with Gasteiger partial charge in [0, 0.05) is 25.0 Å². The number of fused-ring (bicyclic) bond motifs is 1. The highest BCUT2D eigenvalue weighted by Gasteiger charge is 2.01. The summed E-state index contributed by atoms with van der Waals surface area (Å²) in [7, 11) is 0. The first-order chi connectivity index (χ1) is 11.3. The molecule has 0 radical (unpaired) electrons. The van der Waals surface area contributed by atoms with Gasteiger partial charge < -0.3 is 5.32 Å². The van der Waals surface area contributed by atoms with Crippen LogP contribution in [0.5, 0.6) is 0 Å². The lowest BCUT2D eigenvalue weighted by Crippen LogP contribution is -2.23. The molecule has 0 saturated carbocycles. The average Bonchev–Trinajstić information content (AvgIpc) is 2.61. The Kier molecular flexibility index (Phi) is 4.79. The number of nitrogens with zero attached hydrogens (tertiary/aromatic N) is 1. The minimum Gasteiger partial charge on any atom is -0.352 e. The van der Waals surface area contributed by atoms with Crippen LogP contribution in [-0.4, -0.2) is 17.4 Å². The van der Waals surface area contributed by atoms with Crippen molar-refractivity contribution in [2.45, 2.75) is 6.42 Å². The molecule has 3 heteroatoms. The lowest BCUT2D eigenvalue weighted by molar-refractivity contribution is -0.116. The molecular weight excluding hydrogens is 284 g/mol. The molecule has 1 aromatic heterocycles. The van der Waals surface area contributed by atoms with E-state index in [1.54, 1.807) is 24.5 Å². The Morgan fingerprint density at radius 3 is 2.78 bits per heavy atom. The molecule has 0 aliphatic heterocycles. The molecule has 0 fully saturated rings. The molecule has 0 spiro atoms. The molecule has 0 atom stereocenters. The highest BCUT2D eigenvalue weighted by Crippen LogP contribution is 2.18. The molecule has 23 heavy (non-hydrogen) atoms. The van der Waals surface area contributed by atoms with Crippen LogP contribution in [0, 0.1) is 0 Å². The Morgan fingerprint density at radius 1 is 1.04 bits per heavy atom. The third-order valence-corrected chi connectivity index (χ3v) is 3.69. The number of rotatable bonds is 5. The zero-order valence-electron chi connectivity index (χ0n) is 12.8. The fourth-order valence-corrected chi connectivity index (χ4v) is 2.54. The van der Waals surface area contributed by atoms with Gasteiger partial charge in [-0.25, -0.2) is 0 Å². The summed E-state index contributed by atoms with van der Waals surface area (Å²) >= 11 is 0. The van der Waals surface area contributed by atoms with Crippen LogP contribution in [0.15, 0.2) is 73.1 Å². The largest absolute Gasteiger partial charge is 0.352 e. The van der Waals surface area contributed by atoms with Crippen molar-refractivity contribution in [3.8, 4) is 0 Å². The predicted octanol–water partition coefficient (Wildman–Crippen LogP) is 3.61. The van der Waals surface area contributed by atoms with Crippen LogP contribution in [0.25, 0.3) is 16.8 Å². The normalized spacial score (nSPS) is 11.0. The Hall–Kier alpha value is -2.94. The van der Waals surface area contributed by atoms with E-state index in [4.69, 9.17) is 0 Å². The first-order valence-electron chi connectivity index (χ1n) is 7.65. The minimum atomic E-state index is -0.0888. The van der Waals surface area contributed by atoms with Crippen LogP contribution in [0.2, 0.25) is 0 Å². The zero-order valence-corrected chi connectivity index (χ0v) is 12.8. The fourth-order valence-electron chi connectivity index (χ4n) is 2.54. The smallest absolute Gasteiger partial charge is 0.244 e. The van der Waals surface area contributed by atoms with Gasteiger partial charge in [-0.05, 0) is 40.5 Å². The highest BCUT2D eigenvalue weighted by atomic mass is 16.1. The Morgan fingerprint density at radius 2 is 1.91 bits per heavy atom. The topological polar surface area (TPSA) is 42.0 Å². The van der Waals surface area contributed by atoms with Gasteiger partial charge in [0.15, 0.2) is 0 Å². The number of aromatic nitrogens is 1. The molecule has 2 aromatic carbocycles. The summed E-state index contributed by atoms with van der Waals surface area (Å²) in [6, 6.07) is 18.3. The van der Waals surface area contributed by atoms with Gasteiger partial charge in [0.1, 0.15) is 0 Å². The van der Waals surface area contributed by atoms with Gasteiger partial charge in [0.05, 0.1) is 0 Å². The Labute approximate surface area is 135 Å². The molecule has 1 amide bonds. The molecule has 0 bridgehead atoms. The molecular formula is C20H18N2O. The summed E-state index contributed by atoms with van der Waals surface area (Å²) in [4.78, 5) is 15.9. The molecule has 1 N–H and O–H groups in total. The summed E-state index contributed by atoms with van der Waals surface area (Å²) in [5, 5.41) is 5.39. The Bertz CT molecular complexity index is 820. The standard InChI is InChI=1S/C20H18N2O/c23-20(11-10-16-5-4-13-21-15-16)22-14-12-18-8-3-7-17-6-1-2-9-19(17)18/h1-11,13,15H,12,14H2,(H,22,23)/b11-10+. The van der Waals surface area contributed by atoms with Gasteiger partial charge in [-0.3, -0.25) is 9.78 Å². The van der Waals surface area contributed by atoms with Crippen LogP contribution in [0.4, 0.5) is 0 Å². The quantitative estimate of drug-likeness (QED) is 0.732. The van der Waals surface area contributed by atoms with Crippen molar-refractivity contribution in [2.75, 3.05) is 6.54 Å². The van der Waals surface area contributed by atoms with Crippen LogP contribution in [0.1, 0.15) is 11.1 Å². The number of carbonyl (C=O) groups excluding carboxylic acids is 1. The summed E-state index contributed by atoms with van der Waals surface area (Å²) in [5.41, 5.74) is 2.16. The van der Waals surface area contributed by atoms with Gasteiger partial charge in [-0.1, -0.05) is 48.5 Å². The van der Waals surface area contributed by atoms with E-state index in [1.807, 2.05) is 24.3 Å². The maximum atomic E-state index is 11.9. The summed E-state index contributed by atoms with van der Waals surface area (Å²) in [6.07, 6.45) is 7.55. The molecule has 3 rings (SSSR count). The van der Waals surface area contributed by atoms with Gasteiger partial charge in [-0.15, -0.1) is 0 Å². The van der Waals surface area contributed by atoms with Gasteiger partial charge in [-0.2, -0.15) is 0 Å². The Balaban J connectivity index is 1.56. The van der Waals surface area contributed by atoms with Crippen LogP contribution < -0.4 is 5.32 Å². The molecule has 3 nitrogen and oxygen atoms in total. The first-order valence-corrected chi connectivity index (χ1v) is 7.65. The number of benzene rings is 2. The molecule has 114 valence electrons. The first kappa shape index (κ1) is 15.0. The van der Waals surface area contributed by atoms with Crippen molar-refractivity contribution in [3.63, 3.8) is 0 Å². The number of carbonyl (C=O) groups is 1. The summed E-state index contributed by atoms with van der Waals surface area (Å²) in [5.74, 6) is -0.0888. The van der Waals surface area contributed by atoms with E-state index in [-0.39, 0.29) is 5.91 Å². The second kappa shape index (κ2) is 7.36. The highest BCUT2D eigenvalue weighted by molar-refractivity contribution is 5.91. The van der Waals surface area contributed by atoms with Gasteiger partial charge in [0.2, 0.25) is 5.91 Å². The van der Waals surface area contributed by atoms with Crippen LogP contribution >= 0.6 is 0 Å². The number of pyridine rings is 1. The second-order valence-electron chi connectivity index (χ2n) is 5.30. The summed E-state index contributed by atoms with van der Waals surface area (Å²) in [6.45, 7) is 0.615. The number of amides is 1. The van der Waals surface area contributed by atoms with E-state index < -0.39 is 0 Å². The molecule has 0 aliphatic carbocycles. The van der Waals surface area contributed by atoms with E-state index in [9.17, 15) is 4.79 Å². The van der Waals surface area contributed by atoms with E-state index >= 15 is 0 Å². The third kappa shape index (κ3) is 4.04. The predicted molar refractivity (Wildman–Crippen MR) is 93.9 cm³/mol. The van der Waals surface area contributed by atoms with Gasteiger partial charge in [0.25, 0.3) is 0 Å². The lowest BCUT2D eigenvalue weighted by Gasteiger charge is -2.07. The number of hydrogen-bond donors (Lipinski definition) is 1. The molecule has 0 saturated heterocycles. The monoisotopic (exact) mass is 302 g/mol. The van der Waals surface area contributed by atoms with Crippen molar-refractivity contribution in [1.29, 1.82) is 0 Å². The van der Waals surface area contributed by atoms with E-state index in [0.717, 1.165) is 12.0 Å². The zero-order chi connectivity index (χ0) is 15.9. The van der Waals surface area contributed by atoms with Crippen LogP contribution in [-0.2, 0) is 11.2 Å². The maximum absolute atomic E-state index is 11.9. The second-order valence-corrected chi connectivity index (χ2v) is 5.30. The van der Waals surface area contributed by atoms with E-state index in [0.29, 0.717) is 6.54 Å². The fraction of sp³-hybridized carbons (Fsp3) is 0.100. The third-order valence-electron chi connectivity index (χ3n) is 3.69. The molecule has 0 aliphatic rings. The van der Waals surface area contributed by atoms with Crippen molar-refractivity contribution in [3.05, 3.63) is 84.2 Å². The minimum absolute atomic E-state index is 0.0888.